The van der Waals surface area contributed by atoms with Gasteiger partial charge in [-0.05, 0) is 12.1 Å². The lowest BCUT2D eigenvalue weighted by Gasteiger charge is -2.07. The minimum atomic E-state index is -4.43. The van der Waals surface area contributed by atoms with Crippen LogP contribution in [0, 0.1) is 0 Å². The summed E-state index contributed by atoms with van der Waals surface area (Å²) in [5.41, 5.74) is -0.535. The molecule has 2 aromatic rings. The van der Waals surface area contributed by atoms with Gasteiger partial charge in [0, 0.05) is 12.0 Å². The predicted octanol–water partition coefficient (Wildman–Crippen LogP) is 3.38. The van der Waals surface area contributed by atoms with Crippen molar-refractivity contribution < 1.29 is 27.5 Å². The van der Waals surface area contributed by atoms with Crippen molar-refractivity contribution in [2.75, 3.05) is 0 Å². The van der Waals surface area contributed by atoms with Gasteiger partial charge < -0.3 is 9.52 Å². The Morgan fingerprint density at radius 1 is 1.35 bits per heavy atom. The molecule has 0 amide bonds. The molecule has 0 saturated heterocycles. The van der Waals surface area contributed by atoms with Crippen LogP contribution in [0.15, 0.2) is 34.9 Å². The fourth-order valence-corrected chi connectivity index (χ4v) is 1.62. The molecule has 0 spiro atoms. The minimum Gasteiger partial charge on any atom is -0.481 e. The molecule has 0 unspecified atom stereocenters. The molecule has 106 valence electrons. The molecular formula is C13H10F3NO3. The SMILES string of the molecule is O=C(O)CCc1ncc(-c2cccc(C(F)(F)F)c2)o1. The Bertz CT molecular complexity index is 619. The number of aromatic nitrogens is 1. The van der Waals surface area contributed by atoms with Gasteiger partial charge in [-0.25, -0.2) is 4.98 Å². The first-order chi connectivity index (χ1) is 9.36. The Morgan fingerprint density at radius 3 is 2.75 bits per heavy atom. The average molecular weight is 285 g/mol. The fourth-order valence-electron chi connectivity index (χ4n) is 1.62. The molecule has 0 aliphatic carbocycles. The van der Waals surface area contributed by atoms with Crippen LogP contribution in [0.1, 0.15) is 17.9 Å². The maximum absolute atomic E-state index is 12.6. The van der Waals surface area contributed by atoms with Crippen molar-refractivity contribution in [2.45, 2.75) is 19.0 Å². The average Bonchev–Trinajstić information content (AvgIpc) is 2.84. The van der Waals surface area contributed by atoms with Crippen LogP contribution in [0.3, 0.4) is 0 Å². The highest BCUT2D eigenvalue weighted by molar-refractivity contribution is 5.66. The van der Waals surface area contributed by atoms with Crippen LogP contribution in [0.5, 0.6) is 0 Å². The molecular weight excluding hydrogens is 275 g/mol. The number of aryl methyl sites for hydroxylation is 1. The summed E-state index contributed by atoms with van der Waals surface area (Å²) in [5, 5.41) is 8.53. The topological polar surface area (TPSA) is 63.3 Å². The molecule has 2 rings (SSSR count). The standard InChI is InChI=1S/C13H10F3NO3/c14-13(15,16)9-3-1-2-8(6-9)10-7-17-11(20-10)4-5-12(18)19/h1-3,6-7H,4-5H2,(H,18,19). The second kappa shape index (κ2) is 5.36. The van der Waals surface area contributed by atoms with E-state index in [9.17, 15) is 18.0 Å². The number of benzene rings is 1. The number of hydrogen-bond acceptors (Lipinski definition) is 3. The van der Waals surface area contributed by atoms with E-state index in [-0.39, 0.29) is 30.1 Å². The highest BCUT2D eigenvalue weighted by Crippen LogP contribution is 2.32. The Morgan fingerprint density at radius 2 is 2.10 bits per heavy atom. The lowest BCUT2D eigenvalue weighted by molar-refractivity contribution is -0.138. The first-order valence-electron chi connectivity index (χ1n) is 5.70. The molecule has 0 atom stereocenters. The fraction of sp³-hybridized carbons (Fsp3) is 0.231. The maximum atomic E-state index is 12.6. The van der Waals surface area contributed by atoms with Crippen LogP contribution < -0.4 is 0 Å². The lowest BCUT2D eigenvalue weighted by Crippen LogP contribution is -2.04. The number of aliphatic carboxylic acids is 1. The highest BCUT2D eigenvalue weighted by atomic mass is 19.4. The Kier molecular flexibility index (Phi) is 3.78. The summed E-state index contributed by atoms with van der Waals surface area (Å²) in [7, 11) is 0. The number of carboxylic acids is 1. The molecule has 1 N–H and O–H groups in total. The first-order valence-corrected chi connectivity index (χ1v) is 5.70. The number of carbonyl (C=O) groups is 1. The van der Waals surface area contributed by atoms with Gasteiger partial charge in [-0.1, -0.05) is 12.1 Å². The van der Waals surface area contributed by atoms with Crippen molar-refractivity contribution in [1.82, 2.24) is 4.98 Å². The van der Waals surface area contributed by atoms with E-state index in [1.807, 2.05) is 0 Å². The number of rotatable bonds is 4. The van der Waals surface area contributed by atoms with E-state index in [4.69, 9.17) is 9.52 Å². The van der Waals surface area contributed by atoms with Gasteiger partial charge in [-0.2, -0.15) is 13.2 Å². The molecule has 7 heteroatoms. The zero-order valence-corrected chi connectivity index (χ0v) is 10.1. The van der Waals surface area contributed by atoms with Gasteiger partial charge >= 0.3 is 12.1 Å². The third kappa shape index (κ3) is 3.37. The largest absolute Gasteiger partial charge is 0.481 e. The normalized spacial score (nSPS) is 11.6. The Hall–Kier alpha value is -2.31. The van der Waals surface area contributed by atoms with Crippen LogP contribution in [-0.4, -0.2) is 16.1 Å². The van der Waals surface area contributed by atoms with Crippen molar-refractivity contribution in [3.05, 3.63) is 41.9 Å². The zero-order chi connectivity index (χ0) is 14.8. The van der Waals surface area contributed by atoms with Crippen molar-refractivity contribution in [2.24, 2.45) is 0 Å². The Labute approximate surface area is 111 Å². The predicted molar refractivity (Wildman–Crippen MR) is 62.9 cm³/mol. The van der Waals surface area contributed by atoms with Gasteiger partial charge in [0.1, 0.15) is 0 Å². The molecule has 0 bridgehead atoms. The molecule has 0 radical (unpaired) electrons. The molecule has 0 aliphatic heterocycles. The summed E-state index contributed by atoms with van der Waals surface area (Å²) >= 11 is 0. The number of carboxylic acid groups (broad SMARTS) is 1. The summed E-state index contributed by atoms with van der Waals surface area (Å²) in [6.45, 7) is 0. The van der Waals surface area contributed by atoms with Crippen molar-refractivity contribution in [3.63, 3.8) is 0 Å². The summed E-state index contributed by atoms with van der Waals surface area (Å²) in [6, 6.07) is 4.67. The third-order valence-electron chi connectivity index (χ3n) is 2.58. The van der Waals surface area contributed by atoms with Gasteiger partial charge in [0.2, 0.25) is 0 Å². The quantitative estimate of drug-likeness (QED) is 0.935. The summed E-state index contributed by atoms with van der Waals surface area (Å²) in [4.78, 5) is 14.3. The van der Waals surface area contributed by atoms with Crippen LogP contribution >= 0.6 is 0 Å². The van der Waals surface area contributed by atoms with Gasteiger partial charge in [-0.15, -0.1) is 0 Å². The third-order valence-corrected chi connectivity index (χ3v) is 2.58. The van der Waals surface area contributed by atoms with E-state index in [2.05, 4.69) is 4.98 Å². The van der Waals surface area contributed by atoms with Crippen LogP contribution in [-0.2, 0) is 17.4 Å². The number of nitrogens with zero attached hydrogens (tertiary/aromatic N) is 1. The highest BCUT2D eigenvalue weighted by Gasteiger charge is 2.30. The number of oxazole rings is 1. The van der Waals surface area contributed by atoms with Crippen LogP contribution in [0.2, 0.25) is 0 Å². The minimum absolute atomic E-state index is 0.0916. The Balaban J connectivity index is 2.22. The van der Waals surface area contributed by atoms with E-state index < -0.39 is 17.7 Å². The molecule has 1 aromatic heterocycles. The van der Waals surface area contributed by atoms with E-state index >= 15 is 0 Å². The molecule has 0 aliphatic rings. The number of alkyl halides is 3. The first kappa shape index (κ1) is 14.1. The van der Waals surface area contributed by atoms with E-state index in [1.165, 1.54) is 18.3 Å². The summed E-state index contributed by atoms with van der Waals surface area (Å²) in [6.07, 6.45) is -3.20. The summed E-state index contributed by atoms with van der Waals surface area (Å²) < 4.78 is 43.0. The van der Waals surface area contributed by atoms with Crippen LogP contribution in [0.4, 0.5) is 13.2 Å². The van der Waals surface area contributed by atoms with Crippen molar-refractivity contribution >= 4 is 5.97 Å². The van der Waals surface area contributed by atoms with Crippen LogP contribution in [0.25, 0.3) is 11.3 Å². The number of halogens is 3. The van der Waals surface area contributed by atoms with E-state index in [0.717, 1.165) is 12.1 Å². The van der Waals surface area contributed by atoms with Crippen molar-refractivity contribution in [1.29, 1.82) is 0 Å². The smallest absolute Gasteiger partial charge is 0.416 e. The van der Waals surface area contributed by atoms with E-state index in [1.54, 1.807) is 0 Å². The molecule has 0 fully saturated rings. The van der Waals surface area contributed by atoms with E-state index in [0.29, 0.717) is 0 Å². The van der Waals surface area contributed by atoms with Crippen molar-refractivity contribution in [3.8, 4) is 11.3 Å². The van der Waals surface area contributed by atoms with Gasteiger partial charge in [0.05, 0.1) is 18.2 Å². The molecule has 20 heavy (non-hydrogen) atoms. The molecule has 1 heterocycles. The second-order valence-electron chi connectivity index (χ2n) is 4.09. The van der Waals surface area contributed by atoms with Gasteiger partial charge in [-0.3, -0.25) is 4.79 Å². The van der Waals surface area contributed by atoms with Gasteiger partial charge in [0.15, 0.2) is 11.7 Å². The number of hydrogen-bond donors (Lipinski definition) is 1. The molecule has 4 nitrogen and oxygen atoms in total. The molecule has 0 saturated carbocycles. The monoisotopic (exact) mass is 285 g/mol. The second-order valence-corrected chi connectivity index (χ2v) is 4.09. The maximum Gasteiger partial charge on any atom is 0.416 e. The van der Waals surface area contributed by atoms with Gasteiger partial charge in [0.25, 0.3) is 0 Å². The zero-order valence-electron chi connectivity index (χ0n) is 10.1. The summed E-state index contributed by atoms with van der Waals surface area (Å²) in [5.74, 6) is -0.639. The molecule has 1 aromatic carbocycles. The lowest BCUT2D eigenvalue weighted by atomic mass is 10.1.